The quantitative estimate of drug-likeness (QED) is 0.762. The fourth-order valence-electron chi connectivity index (χ4n) is 1.38. The normalized spacial score (nSPS) is 12.2. The Morgan fingerprint density at radius 3 is 2.53 bits per heavy atom. The van der Waals surface area contributed by atoms with E-state index in [2.05, 4.69) is 19.2 Å². The molecule has 0 aliphatic rings. The van der Waals surface area contributed by atoms with Gasteiger partial charge in [0.25, 0.3) is 0 Å². The van der Waals surface area contributed by atoms with Crippen LogP contribution in [-0.2, 0) is 4.79 Å². The zero-order valence-corrected chi connectivity index (χ0v) is 13.3. The minimum Gasteiger partial charge on any atom is -0.399 e. The van der Waals surface area contributed by atoms with Gasteiger partial charge in [0.15, 0.2) is 0 Å². The first-order valence-electron chi connectivity index (χ1n) is 6.10. The van der Waals surface area contributed by atoms with Crippen LogP contribution in [0.2, 0.25) is 10.0 Å². The molecule has 3 N–H and O–H groups in total. The third-order valence-electron chi connectivity index (χ3n) is 2.64. The van der Waals surface area contributed by atoms with Crippen LogP contribution in [-0.4, -0.2) is 16.9 Å². The van der Waals surface area contributed by atoms with Gasteiger partial charge in [-0.3, -0.25) is 4.79 Å². The summed E-state index contributed by atoms with van der Waals surface area (Å²) in [6.07, 6.45) is 1.54. The summed E-state index contributed by atoms with van der Waals surface area (Å²) in [5.74, 6) is 0.690. The summed E-state index contributed by atoms with van der Waals surface area (Å²) in [5, 5.41) is 4.00. The van der Waals surface area contributed by atoms with Crippen LogP contribution in [0.15, 0.2) is 12.1 Å². The zero-order valence-electron chi connectivity index (χ0n) is 11.0. The molecule has 106 valence electrons. The maximum Gasteiger partial charge on any atom is 0.225 e. The van der Waals surface area contributed by atoms with E-state index >= 15 is 0 Å². The van der Waals surface area contributed by atoms with Gasteiger partial charge in [-0.15, -0.1) is 0 Å². The van der Waals surface area contributed by atoms with Gasteiger partial charge < -0.3 is 11.1 Å². The molecule has 0 bridgehead atoms. The highest BCUT2D eigenvalue weighted by atomic mass is 35.5. The lowest BCUT2D eigenvalue weighted by Gasteiger charge is -2.11. The number of amides is 1. The molecule has 1 rings (SSSR count). The second-order valence-electron chi connectivity index (χ2n) is 4.25. The molecule has 19 heavy (non-hydrogen) atoms. The van der Waals surface area contributed by atoms with E-state index in [1.54, 1.807) is 23.9 Å². The molecular formula is C13H18Cl2N2OS. The summed E-state index contributed by atoms with van der Waals surface area (Å²) in [6, 6.07) is 3.13. The van der Waals surface area contributed by atoms with E-state index in [1.165, 1.54) is 0 Å². The number of nitrogens with two attached hydrogens (primary N) is 1. The van der Waals surface area contributed by atoms with Crippen molar-refractivity contribution in [1.82, 2.24) is 0 Å². The predicted molar refractivity (Wildman–Crippen MR) is 86.3 cm³/mol. The van der Waals surface area contributed by atoms with Crippen LogP contribution in [0, 0.1) is 0 Å². The molecule has 1 unspecified atom stereocenters. The van der Waals surface area contributed by atoms with E-state index in [4.69, 9.17) is 28.9 Å². The van der Waals surface area contributed by atoms with Gasteiger partial charge in [0.2, 0.25) is 5.91 Å². The molecule has 0 heterocycles. The van der Waals surface area contributed by atoms with Crippen molar-refractivity contribution in [1.29, 1.82) is 0 Å². The number of anilines is 2. The molecule has 0 aliphatic heterocycles. The number of carbonyl (C=O) groups is 1. The lowest BCUT2D eigenvalue weighted by molar-refractivity contribution is -0.115. The van der Waals surface area contributed by atoms with E-state index in [1.807, 2.05) is 0 Å². The number of hydrogen-bond acceptors (Lipinski definition) is 3. The van der Waals surface area contributed by atoms with Gasteiger partial charge in [-0.1, -0.05) is 37.0 Å². The molecule has 0 radical (unpaired) electrons. The number of nitrogen functional groups attached to an aromatic ring is 1. The molecule has 0 aliphatic carbocycles. The molecule has 0 aromatic heterocycles. The highest BCUT2D eigenvalue weighted by Crippen LogP contribution is 2.32. The van der Waals surface area contributed by atoms with Crippen molar-refractivity contribution in [3.63, 3.8) is 0 Å². The first-order chi connectivity index (χ1) is 8.93. The molecule has 1 aromatic carbocycles. The Morgan fingerprint density at radius 1 is 1.42 bits per heavy atom. The van der Waals surface area contributed by atoms with Crippen LogP contribution < -0.4 is 11.1 Å². The summed E-state index contributed by atoms with van der Waals surface area (Å²) >= 11 is 13.8. The topological polar surface area (TPSA) is 55.1 Å². The summed E-state index contributed by atoms with van der Waals surface area (Å²) < 4.78 is 0. The average Bonchev–Trinajstić information content (AvgIpc) is 2.33. The Kier molecular flexibility index (Phi) is 6.83. The van der Waals surface area contributed by atoms with E-state index in [0.717, 1.165) is 12.2 Å². The standard InChI is InChI=1S/C13H18Cl2N2OS/c1-3-8(2)19-5-4-12(18)17-13-10(14)6-9(16)7-11(13)15/h6-8H,3-5,16H2,1-2H3,(H,17,18). The fourth-order valence-corrected chi connectivity index (χ4v) is 2.92. The average molecular weight is 321 g/mol. The van der Waals surface area contributed by atoms with Gasteiger partial charge in [0.1, 0.15) is 0 Å². The zero-order chi connectivity index (χ0) is 14.4. The number of carbonyl (C=O) groups excluding carboxylic acids is 1. The van der Waals surface area contributed by atoms with E-state index in [0.29, 0.717) is 33.1 Å². The summed E-state index contributed by atoms with van der Waals surface area (Å²) in [5.41, 5.74) is 6.50. The monoisotopic (exact) mass is 320 g/mol. The first-order valence-corrected chi connectivity index (χ1v) is 7.90. The van der Waals surface area contributed by atoms with Crippen molar-refractivity contribution in [2.45, 2.75) is 31.9 Å². The van der Waals surface area contributed by atoms with Crippen LogP contribution in [0.4, 0.5) is 11.4 Å². The first kappa shape index (κ1) is 16.5. The molecular weight excluding hydrogens is 303 g/mol. The molecule has 1 amide bonds. The number of rotatable bonds is 6. The second-order valence-corrected chi connectivity index (χ2v) is 6.61. The van der Waals surface area contributed by atoms with Gasteiger partial charge in [-0.25, -0.2) is 0 Å². The Balaban J connectivity index is 2.53. The number of halogens is 2. The number of nitrogens with one attached hydrogen (secondary N) is 1. The van der Waals surface area contributed by atoms with Crippen LogP contribution in [0.5, 0.6) is 0 Å². The molecule has 6 heteroatoms. The maximum atomic E-state index is 11.8. The molecule has 0 saturated heterocycles. The fraction of sp³-hybridized carbons (Fsp3) is 0.462. The summed E-state index contributed by atoms with van der Waals surface area (Å²) in [7, 11) is 0. The van der Waals surface area contributed by atoms with Crippen molar-refractivity contribution in [2.75, 3.05) is 16.8 Å². The lowest BCUT2D eigenvalue weighted by atomic mass is 10.2. The third-order valence-corrected chi connectivity index (χ3v) is 4.57. The van der Waals surface area contributed by atoms with E-state index in [9.17, 15) is 4.79 Å². The minimum atomic E-state index is -0.0932. The van der Waals surface area contributed by atoms with E-state index < -0.39 is 0 Å². The van der Waals surface area contributed by atoms with E-state index in [-0.39, 0.29) is 5.91 Å². The van der Waals surface area contributed by atoms with Crippen molar-refractivity contribution >= 4 is 52.2 Å². The largest absolute Gasteiger partial charge is 0.399 e. The highest BCUT2D eigenvalue weighted by Gasteiger charge is 2.11. The van der Waals surface area contributed by atoms with Gasteiger partial charge >= 0.3 is 0 Å². The molecule has 0 saturated carbocycles. The highest BCUT2D eigenvalue weighted by molar-refractivity contribution is 7.99. The van der Waals surface area contributed by atoms with Gasteiger partial charge in [-0.2, -0.15) is 11.8 Å². The molecule has 0 spiro atoms. The predicted octanol–water partition coefficient (Wildman–Crippen LogP) is 4.44. The molecule has 1 atom stereocenters. The van der Waals surface area contributed by atoms with Crippen molar-refractivity contribution in [3.05, 3.63) is 22.2 Å². The molecule has 0 fully saturated rings. The minimum absolute atomic E-state index is 0.0932. The second kappa shape index (κ2) is 7.88. The molecule has 1 aromatic rings. The SMILES string of the molecule is CCC(C)SCCC(=O)Nc1c(Cl)cc(N)cc1Cl. The maximum absolute atomic E-state index is 11.8. The summed E-state index contributed by atoms with van der Waals surface area (Å²) in [6.45, 7) is 4.28. The Bertz CT molecular complexity index is 431. The van der Waals surface area contributed by atoms with Crippen LogP contribution >= 0.6 is 35.0 Å². The van der Waals surface area contributed by atoms with Crippen LogP contribution in [0.25, 0.3) is 0 Å². The Hall–Kier alpha value is -0.580. The smallest absolute Gasteiger partial charge is 0.225 e. The van der Waals surface area contributed by atoms with Crippen LogP contribution in [0.1, 0.15) is 26.7 Å². The van der Waals surface area contributed by atoms with Gasteiger partial charge in [0, 0.05) is 23.1 Å². The Morgan fingerprint density at radius 2 is 2.00 bits per heavy atom. The number of benzene rings is 1. The van der Waals surface area contributed by atoms with Crippen molar-refractivity contribution < 1.29 is 4.79 Å². The molecule has 3 nitrogen and oxygen atoms in total. The van der Waals surface area contributed by atoms with Gasteiger partial charge in [0.05, 0.1) is 15.7 Å². The van der Waals surface area contributed by atoms with Crippen molar-refractivity contribution in [3.8, 4) is 0 Å². The lowest BCUT2D eigenvalue weighted by Crippen LogP contribution is -2.13. The number of thioether (sulfide) groups is 1. The number of hydrogen-bond donors (Lipinski definition) is 2. The third kappa shape index (κ3) is 5.51. The van der Waals surface area contributed by atoms with Gasteiger partial charge in [-0.05, 0) is 18.6 Å². The Labute approximate surface area is 128 Å². The van der Waals surface area contributed by atoms with Crippen molar-refractivity contribution in [2.24, 2.45) is 0 Å². The summed E-state index contributed by atoms with van der Waals surface area (Å²) in [4.78, 5) is 11.8. The van der Waals surface area contributed by atoms with Crippen LogP contribution in [0.3, 0.4) is 0 Å².